The standard InChI is InChI=1S/C24H30FN3O3/c1-18-7-4-5-12-27(18)13-6-14-28(24(29)26-21-9-3-2-8-20(21)25)16-19-10-11-22-23(15-19)31-17-30-22/h2-3,8-11,15,18H,4-7,12-14,16-17H2,1H3,(H,26,29). The predicted molar refractivity (Wildman–Crippen MR) is 118 cm³/mol. The van der Waals surface area contributed by atoms with Crippen molar-refractivity contribution in [3.63, 3.8) is 0 Å². The summed E-state index contributed by atoms with van der Waals surface area (Å²) in [6.45, 7) is 5.54. The minimum atomic E-state index is -0.443. The van der Waals surface area contributed by atoms with Crippen molar-refractivity contribution < 1.29 is 18.7 Å². The third-order valence-corrected chi connectivity index (χ3v) is 6.03. The smallest absolute Gasteiger partial charge is 0.322 e. The maximum Gasteiger partial charge on any atom is 0.322 e. The molecule has 0 aromatic heterocycles. The third kappa shape index (κ3) is 5.47. The number of ether oxygens (including phenoxy) is 2. The molecule has 1 N–H and O–H groups in total. The van der Waals surface area contributed by atoms with Crippen molar-refractivity contribution in [2.24, 2.45) is 0 Å². The number of carbonyl (C=O) groups is 1. The van der Waals surface area contributed by atoms with Crippen molar-refractivity contribution in [3.8, 4) is 11.5 Å². The summed E-state index contributed by atoms with van der Waals surface area (Å²) < 4.78 is 24.9. The molecule has 7 heteroatoms. The lowest BCUT2D eigenvalue weighted by atomic mass is 10.0. The lowest BCUT2D eigenvalue weighted by Crippen LogP contribution is -2.40. The highest BCUT2D eigenvalue weighted by atomic mass is 19.1. The normalized spacial score (nSPS) is 18.1. The van der Waals surface area contributed by atoms with Gasteiger partial charge in [-0.3, -0.25) is 0 Å². The molecule has 31 heavy (non-hydrogen) atoms. The van der Waals surface area contributed by atoms with Crippen molar-refractivity contribution in [2.45, 2.75) is 45.2 Å². The summed E-state index contributed by atoms with van der Waals surface area (Å²) in [7, 11) is 0. The molecule has 0 bridgehead atoms. The summed E-state index contributed by atoms with van der Waals surface area (Å²) in [5.74, 6) is 0.959. The second-order valence-electron chi connectivity index (χ2n) is 8.25. The summed E-state index contributed by atoms with van der Waals surface area (Å²) in [5.41, 5.74) is 1.13. The van der Waals surface area contributed by atoms with Gasteiger partial charge in [0, 0.05) is 25.7 Å². The quantitative estimate of drug-likeness (QED) is 0.686. The van der Waals surface area contributed by atoms with Crippen molar-refractivity contribution in [1.82, 2.24) is 9.80 Å². The second-order valence-corrected chi connectivity index (χ2v) is 8.25. The molecule has 2 aromatic carbocycles. The molecule has 2 aliphatic rings. The first-order valence-electron chi connectivity index (χ1n) is 11.0. The predicted octanol–water partition coefficient (Wildman–Crippen LogP) is 4.85. The maximum absolute atomic E-state index is 14.1. The molecule has 1 unspecified atom stereocenters. The van der Waals surface area contributed by atoms with E-state index < -0.39 is 5.82 Å². The van der Waals surface area contributed by atoms with Gasteiger partial charge in [-0.05, 0) is 62.6 Å². The molecule has 2 heterocycles. The van der Waals surface area contributed by atoms with E-state index in [2.05, 4.69) is 17.1 Å². The van der Waals surface area contributed by atoms with Crippen LogP contribution in [-0.4, -0.2) is 48.3 Å². The van der Waals surface area contributed by atoms with E-state index in [9.17, 15) is 9.18 Å². The number of likely N-dealkylation sites (tertiary alicyclic amines) is 1. The number of para-hydroxylation sites is 1. The molecule has 1 fully saturated rings. The number of anilines is 1. The van der Waals surface area contributed by atoms with Gasteiger partial charge in [0.2, 0.25) is 6.79 Å². The van der Waals surface area contributed by atoms with Gasteiger partial charge in [-0.15, -0.1) is 0 Å². The molecule has 0 saturated carbocycles. The van der Waals surface area contributed by atoms with Gasteiger partial charge in [0.15, 0.2) is 11.5 Å². The number of rotatable bonds is 7. The van der Waals surface area contributed by atoms with Crippen LogP contribution in [0.25, 0.3) is 0 Å². The van der Waals surface area contributed by atoms with Crippen molar-refractivity contribution in [3.05, 3.63) is 53.8 Å². The minimum Gasteiger partial charge on any atom is -0.454 e. The van der Waals surface area contributed by atoms with Crippen LogP contribution in [0.15, 0.2) is 42.5 Å². The maximum atomic E-state index is 14.1. The lowest BCUT2D eigenvalue weighted by Gasteiger charge is -2.34. The number of amides is 2. The molecular weight excluding hydrogens is 397 g/mol. The molecular formula is C24H30FN3O3. The van der Waals surface area contributed by atoms with Crippen LogP contribution >= 0.6 is 0 Å². The molecule has 166 valence electrons. The van der Waals surface area contributed by atoms with Gasteiger partial charge >= 0.3 is 6.03 Å². The molecule has 6 nitrogen and oxygen atoms in total. The number of hydrogen-bond acceptors (Lipinski definition) is 4. The summed E-state index contributed by atoms with van der Waals surface area (Å²) in [5, 5.41) is 2.72. The fourth-order valence-electron chi connectivity index (χ4n) is 4.22. The zero-order chi connectivity index (χ0) is 21.6. The van der Waals surface area contributed by atoms with Gasteiger partial charge in [-0.25, -0.2) is 9.18 Å². The van der Waals surface area contributed by atoms with Crippen molar-refractivity contribution >= 4 is 11.7 Å². The number of halogens is 1. The van der Waals surface area contributed by atoms with E-state index in [0.717, 1.165) is 25.1 Å². The van der Waals surface area contributed by atoms with Gasteiger partial charge in [0.25, 0.3) is 0 Å². The van der Waals surface area contributed by atoms with Crippen LogP contribution in [-0.2, 0) is 6.54 Å². The molecule has 2 aliphatic heterocycles. The molecule has 2 aromatic rings. The Kier molecular flexibility index (Phi) is 6.92. The molecule has 4 rings (SSSR count). The number of hydrogen-bond donors (Lipinski definition) is 1. The fourth-order valence-corrected chi connectivity index (χ4v) is 4.22. The highest BCUT2D eigenvalue weighted by molar-refractivity contribution is 5.89. The Hall–Kier alpha value is -2.80. The average Bonchev–Trinajstić information content (AvgIpc) is 3.24. The number of piperidine rings is 1. The Morgan fingerprint density at radius 1 is 1.19 bits per heavy atom. The Labute approximate surface area is 182 Å². The van der Waals surface area contributed by atoms with E-state index in [1.165, 1.54) is 25.3 Å². The molecule has 1 atom stereocenters. The molecule has 1 saturated heterocycles. The topological polar surface area (TPSA) is 54.0 Å². The zero-order valence-electron chi connectivity index (χ0n) is 18.0. The van der Waals surface area contributed by atoms with Crippen LogP contribution in [0, 0.1) is 5.82 Å². The van der Waals surface area contributed by atoms with Gasteiger partial charge < -0.3 is 24.6 Å². The first-order valence-corrected chi connectivity index (χ1v) is 11.0. The Morgan fingerprint density at radius 2 is 2.03 bits per heavy atom. The highest BCUT2D eigenvalue weighted by Gasteiger charge is 2.21. The van der Waals surface area contributed by atoms with E-state index >= 15 is 0 Å². The summed E-state index contributed by atoms with van der Waals surface area (Å²) in [4.78, 5) is 17.3. The van der Waals surface area contributed by atoms with E-state index in [1.807, 2.05) is 18.2 Å². The third-order valence-electron chi connectivity index (χ3n) is 6.03. The number of carbonyl (C=O) groups excluding carboxylic acids is 1. The van der Waals surface area contributed by atoms with Gasteiger partial charge in [0.05, 0.1) is 5.69 Å². The van der Waals surface area contributed by atoms with Crippen molar-refractivity contribution in [2.75, 3.05) is 31.7 Å². The van der Waals surface area contributed by atoms with Crippen LogP contribution < -0.4 is 14.8 Å². The number of nitrogens with zero attached hydrogens (tertiary/aromatic N) is 2. The van der Waals surface area contributed by atoms with E-state index in [1.54, 1.807) is 23.1 Å². The van der Waals surface area contributed by atoms with E-state index in [0.29, 0.717) is 30.6 Å². The summed E-state index contributed by atoms with van der Waals surface area (Å²) >= 11 is 0. The molecule has 2 amide bonds. The van der Waals surface area contributed by atoms with Crippen LogP contribution in [0.3, 0.4) is 0 Å². The van der Waals surface area contributed by atoms with Gasteiger partial charge in [-0.2, -0.15) is 0 Å². The molecule has 0 radical (unpaired) electrons. The molecule has 0 spiro atoms. The van der Waals surface area contributed by atoms with Gasteiger partial charge in [0.1, 0.15) is 5.82 Å². The second kappa shape index (κ2) is 10.0. The van der Waals surface area contributed by atoms with Crippen LogP contribution in [0.2, 0.25) is 0 Å². The Balaban J connectivity index is 1.43. The van der Waals surface area contributed by atoms with Crippen LogP contribution in [0.4, 0.5) is 14.9 Å². The van der Waals surface area contributed by atoms with Crippen molar-refractivity contribution in [1.29, 1.82) is 0 Å². The summed E-state index contributed by atoms with van der Waals surface area (Å²) in [6.07, 6.45) is 4.62. The number of urea groups is 1. The molecule has 0 aliphatic carbocycles. The number of fused-ring (bicyclic) bond motifs is 1. The van der Waals surface area contributed by atoms with Crippen LogP contribution in [0.5, 0.6) is 11.5 Å². The summed E-state index contributed by atoms with van der Waals surface area (Å²) in [6, 6.07) is 12.2. The SMILES string of the molecule is CC1CCCCN1CCCN(Cc1ccc2c(c1)OCO2)C(=O)Nc1ccccc1F. The first kappa shape index (κ1) is 21.4. The van der Waals surface area contributed by atoms with Crippen LogP contribution in [0.1, 0.15) is 38.2 Å². The van der Waals surface area contributed by atoms with E-state index in [4.69, 9.17) is 9.47 Å². The Morgan fingerprint density at radius 3 is 2.87 bits per heavy atom. The average molecular weight is 428 g/mol. The number of benzene rings is 2. The first-order chi connectivity index (χ1) is 15.1. The van der Waals surface area contributed by atoms with Gasteiger partial charge in [-0.1, -0.05) is 24.6 Å². The largest absolute Gasteiger partial charge is 0.454 e. The lowest BCUT2D eigenvalue weighted by molar-refractivity contribution is 0.150. The van der Waals surface area contributed by atoms with E-state index in [-0.39, 0.29) is 18.5 Å². The highest BCUT2D eigenvalue weighted by Crippen LogP contribution is 2.33. The zero-order valence-corrected chi connectivity index (χ0v) is 18.0. The number of nitrogens with one attached hydrogen (secondary N) is 1. The minimum absolute atomic E-state index is 0.188. The fraction of sp³-hybridized carbons (Fsp3) is 0.458. The monoisotopic (exact) mass is 427 g/mol. The Bertz CT molecular complexity index is 907.